The number of amides is 1. The zero-order valence-corrected chi connectivity index (χ0v) is 19.6. The van der Waals surface area contributed by atoms with Crippen LogP contribution in [0.15, 0.2) is 60.7 Å². The van der Waals surface area contributed by atoms with Gasteiger partial charge >= 0.3 is 0 Å². The molecule has 1 aliphatic heterocycles. The molecular weight excluding hydrogens is 450 g/mol. The van der Waals surface area contributed by atoms with Crippen molar-refractivity contribution in [3.8, 4) is 11.3 Å². The van der Waals surface area contributed by atoms with E-state index in [1.807, 2.05) is 55.6 Å². The van der Waals surface area contributed by atoms with Crippen molar-refractivity contribution in [1.82, 2.24) is 24.8 Å². The topological polar surface area (TPSA) is 78.4 Å². The maximum Gasteiger partial charge on any atom is 0.229 e. The highest BCUT2D eigenvalue weighted by atomic mass is 35.5. The molecule has 0 saturated carbocycles. The first-order valence-electron chi connectivity index (χ1n) is 11.1. The Morgan fingerprint density at radius 1 is 0.912 bits per heavy atom. The molecule has 0 N–H and O–H groups in total. The third-order valence-electron chi connectivity index (χ3n) is 5.88. The Morgan fingerprint density at radius 3 is 2.26 bits per heavy atom. The van der Waals surface area contributed by atoms with Crippen LogP contribution in [0.25, 0.3) is 22.4 Å². The van der Waals surface area contributed by atoms with Crippen molar-refractivity contribution in [2.24, 2.45) is 0 Å². The van der Waals surface area contributed by atoms with Crippen LogP contribution in [-0.2, 0) is 11.3 Å². The van der Waals surface area contributed by atoms with Crippen LogP contribution in [0.4, 0.5) is 11.8 Å². The molecule has 0 atom stereocenters. The fourth-order valence-corrected chi connectivity index (χ4v) is 4.28. The van der Waals surface area contributed by atoms with Gasteiger partial charge in [0.2, 0.25) is 12.4 Å². The van der Waals surface area contributed by atoms with Crippen molar-refractivity contribution < 1.29 is 4.79 Å². The van der Waals surface area contributed by atoms with E-state index in [2.05, 4.69) is 26.9 Å². The van der Waals surface area contributed by atoms with E-state index in [-0.39, 0.29) is 0 Å². The fourth-order valence-electron chi connectivity index (χ4n) is 4.05. The van der Waals surface area contributed by atoms with Crippen molar-refractivity contribution in [1.29, 1.82) is 0 Å². The molecule has 0 bridgehead atoms. The number of piperazine rings is 1. The van der Waals surface area contributed by atoms with Gasteiger partial charge in [-0.2, -0.15) is 9.97 Å². The Balaban J connectivity index is 1.60. The first-order chi connectivity index (χ1) is 16.6. The molecule has 34 heavy (non-hydrogen) atoms. The number of nitrogens with zero attached hydrogens (tertiary/aromatic N) is 7. The van der Waals surface area contributed by atoms with E-state index in [0.29, 0.717) is 66.5 Å². The Kier molecular flexibility index (Phi) is 6.22. The molecule has 1 saturated heterocycles. The number of fused-ring (bicyclic) bond motifs is 1. The Morgan fingerprint density at radius 2 is 1.59 bits per heavy atom. The lowest BCUT2D eigenvalue weighted by atomic mass is 10.1. The van der Waals surface area contributed by atoms with Gasteiger partial charge in [0.05, 0.1) is 0 Å². The van der Waals surface area contributed by atoms with Gasteiger partial charge in [-0.3, -0.25) is 4.79 Å². The molecule has 5 rings (SSSR count). The molecule has 2 aromatic carbocycles. The summed E-state index contributed by atoms with van der Waals surface area (Å²) < 4.78 is 0. The summed E-state index contributed by atoms with van der Waals surface area (Å²) >= 11 is 6.57. The Bertz CT molecular complexity index is 1300. The Labute approximate surface area is 202 Å². The third-order valence-corrected chi connectivity index (χ3v) is 6.14. The Hall–Kier alpha value is -3.78. The summed E-state index contributed by atoms with van der Waals surface area (Å²) in [6, 6.07) is 19.9. The van der Waals surface area contributed by atoms with Gasteiger partial charge in [-0.1, -0.05) is 72.3 Å². The van der Waals surface area contributed by atoms with Crippen molar-refractivity contribution in [2.45, 2.75) is 6.54 Å². The SMILES string of the molecule is CN(Cc1ccccc1)c1nc(N2CCN(C=O)CC2)nc2nc(Cl)c(-c3ccccc3)nc12. The quantitative estimate of drug-likeness (QED) is 0.395. The van der Waals surface area contributed by atoms with E-state index in [1.54, 1.807) is 4.90 Å². The standard InChI is InChI=1S/C25H24ClN7O/c1-31(16-18-8-4-2-5-9-18)24-21-23(28-22(26)20(27-21)19-10-6-3-7-11-19)29-25(30-24)33-14-12-32(17-34)13-15-33/h2-11,17H,12-16H2,1H3. The predicted molar refractivity (Wildman–Crippen MR) is 134 cm³/mol. The largest absolute Gasteiger partial charge is 0.353 e. The van der Waals surface area contributed by atoms with Crippen molar-refractivity contribution in [2.75, 3.05) is 43.0 Å². The summed E-state index contributed by atoms with van der Waals surface area (Å²) in [5.74, 6) is 1.24. The van der Waals surface area contributed by atoms with Crippen LogP contribution in [0.2, 0.25) is 5.15 Å². The number of anilines is 2. The molecule has 2 aromatic heterocycles. The highest BCUT2D eigenvalue weighted by Gasteiger charge is 2.23. The number of carbonyl (C=O) groups is 1. The van der Waals surface area contributed by atoms with E-state index in [1.165, 1.54) is 0 Å². The molecule has 172 valence electrons. The zero-order chi connectivity index (χ0) is 23.5. The lowest BCUT2D eigenvalue weighted by Crippen LogP contribution is -2.46. The molecule has 3 heterocycles. The van der Waals surface area contributed by atoms with Crippen LogP contribution in [0.5, 0.6) is 0 Å². The number of halogens is 1. The average Bonchev–Trinajstić information content (AvgIpc) is 2.88. The van der Waals surface area contributed by atoms with Crippen LogP contribution >= 0.6 is 11.6 Å². The molecule has 0 spiro atoms. The molecular formula is C25H24ClN7O. The van der Waals surface area contributed by atoms with Gasteiger partial charge in [0.15, 0.2) is 22.1 Å². The first kappa shape index (κ1) is 22.0. The highest BCUT2D eigenvalue weighted by molar-refractivity contribution is 6.32. The second-order valence-corrected chi connectivity index (χ2v) is 8.58. The molecule has 0 radical (unpaired) electrons. The minimum atomic E-state index is 0.297. The summed E-state index contributed by atoms with van der Waals surface area (Å²) in [4.78, 5) is 36.1. The number of aromatic nitrogens is 4. The van der Waals surface area contributed by atoms with Gasteiger partial charge in [0.25, 0.3) is 0 Å². The van der Waals surface area contributed by atoms with Gasteiger partial charge in [-0.15, -0.1) is 0 Å². The maximum absolute atomic E-state index is 11.1. The molecule has 0 aliphatic carbocycles. The average molecular weight is 474 g/mol. The van der Waals surface area contributed by atoms with Crippen LogP contribution in [0.3, 0.4) is 0 Å². The number of hydrogen-bond acceptors (Lipinski definition) is 7. The number of rotatable bonds is 6. The van der Waals surface area contributed by atoms with Crippen molar-refractivity contribution in [3.05, 3.63) is 71.4 Å². The molecule has 1 amide bonds. The number of hydrogen-bond donors (Lipinski definition) is 0. The van der Waals surface area contributed by atoms with Gasteiger partial charge in [-0.25, -0.2) is 9.97 Å². The summed E-state index contributed by atoms with van der Waals surface area (Å²) in [6.07, 6.45) is 0.883. The van der Waals surface area contributed by atoms with Crippen molar-refractivity contribution >= 4 is 40.9 Å². The van der Waals surface area contributed by atoms with E-state index in [9.17, 15) is 4.79 Å². The van der Waals surface area contributed by atoms with Crippen LogP contribution in [-0.4, -0.2) is 64.5 Å². The summed E-state index contributed by atoms with van der Waals surface area (Å²) in [7, 11) is 1.99. The van der Waals surface area contributed by atoms with Crippen molar-refractivity contribution in [3.63, 3.8) is 0 Å². The second kappa shape index (κ2) is 9.61. The van der Waals surface area contributed by atoms with Crippen LogP contribution < -0.4 is 9.80 Å². The predicted octanol–water partition coefficient (Wildman–Crippen LogP) is 3.66. The van der Waals surface area contributed by atoms with E-state index in [4.69, 9.17) is 26.6 Å². The molecule has 8 nitrogen and oxygen atoms in total. The van der Waals surface area contributed by atoms with Crippen LogP contribution in [0.1, 0.15) is 5.56 Å². The summed E-state index contributed by atoms with van der Waals surface area (Å²) in [6.45, 7) is 3.19. The molecule has 4 aromatic rings. The van der Waals surface area contributed by atoms with Gasteiger partial charge in [-0.05, 0) is 5.56 Å². The highest BCUT2D eigenvalue weighted by Crippen LogP contribution is 2.31. The maximum atomic E-state index is 11.1. The smallest absolute Gasteiger partial charge is 0.229 e. The molecule has 9 heteroatoms. The third kappa shape index (κ3) is 4.49. The lowest BCUT2D eigenvalue weighted by Gasteiger charge is -2.33. The lowest BCUT2D eigenvalue weighted by molar-refractivity contribution is -0.118. The normalized spacial score (nSPS) is 13.8. The number of carbonyl (C=O) groups excluding carboxylic acids is 1. The zero-order valence-electron chi connectivity index (χ0n) is 18.8. The fraction of sp³-hybridized carbons (Fsp3) is 0.240. The number of benzene rings is 2. The minimum absolute atomic E-state index is 0.297. The first-order valence-corrected chi connectivity index (χ1v) is 11.5. The van der Waals surface area contributed by atoms with Gasteiger partial charge in [0, 0.05) is 45.3 Å². The van der Waals surface area contributed by atoms with E-state index >= 15 is 0 Å². The summed E-state index contributed by atoms with van der Waals surface area (Å²) in [5.41, 5.74) is 3.68. The summed E-state index contributed by atoms with van der Waals surface area (Å²) in [5, 5.41) is 0.297. The second-order valence-electron chi connectivity index (χ2n) is 8.22. The van der Waals surface area contributed by atoms with Gasteiger partial charge < -0.3 is 14.7 Å². The molecule has 0 unspecified atom stereocenters. The monoisotopic (exact) mass is 473 g/mol. The van der Waals surface area contributed by atoms with E-state index in [0.717, 1.165) is 17.5 Å². The molecule has 1 fully saturated rings. The van der Waals surface area contributed by atoms with E-state index < -0.39 is 0 Å². The molecule has 1 aliphatic rings. The van der Waals surface area contributed by atoms with Crippen LogP contribution in [0, 0.1) is 0 Å². The van der Waals surface area contributed by atoms with Gasteiger partial charge in [0.1, 0.15) is 5.69 Å². The minimum Gasteiger partial charge on any atom is -0.353 e.